The van der Waals surface area contributed by atoms with Crippen LogP contribution in [0.5, 0.6) is 0 Å². The Hall–Kier alpha value is -2.06. The summed E-state index contributed by atoms with van der Waals surface area (Å²) in [7, 11) is 1.30. The Labute approximate surface area is 123 Å². The number of methoxy groups -OCH3 is 1. The Balaban J connectivity index is 2.03. The zero-order valence-corrected chi connectivity index (χ0v) is 12.4. The molecule has 104 valence electrons. The summed E-state index contributed by atoms with van der Waals surface area (Å²) in [5.41, 5.74) is 2.93. The highest BCUT2D eigenvalue weighted by atomic mass is 32.1. The van der Waals surface area contributed by atoms with E-state index in [0.29, 0.717) is 15.7 Å². The topological polar surface area (TPSA) is 81.2 Å². The molecular weight excluding hydrogens is 298 g/mol. The van der Waals surface area contributed by atoms with Gasteiger partial charge in [-0.2, -0.15) is 0 Å². The first kappa shape index (κ1) is 14.4. The minimum absolute atomic E-state index is 0.330. The highest BCUT2D eigenvalue weighted by Gasteiger charge is 2.16. The van der Waals surface area contributed by atoms with Crippen LogP contribution in [-0.2, 0) is 9.53 Å². The lowest BCUT2D eigenvalue weighted by Crippen LogP contribution is -2.07. The fraction of sp³-hybridized carbons (Fsp3) is 0.167. The third-order valence-electron chi connectivity index (χ3n) is 2.25. The maximum atomic E-state index is 11.7. The number of carbonyl (C=O) groups excluding carboxylic acids is 2. The number of ether oxygens (including phenoxy) is 1. The molecule has 0 spiro atoms. The summed E-state index contributed by atoms with van der Waals surface area (Å²) in [5.74, 6) is -0.790. The number of nitrogens with zero attached hydrogens (tertiary/aromatic N) is 2. The van der Waals surface area contributed by atoms with Crippen molar-refractivity contribution in [1.29, 1.82) is 0 Å². The van der Waals surface area contributed by atoms with Crippen molar-refractivity contribution in [2.75, 3.05) is 12.4 Å². The second-order valence-electron chi connectivity index (χ2n) is 3.66. The summed E-state index contributed by atoms with van der Waals surface area (Å²) in [5, 5.41) is 4.78. The first-order valence-electron chi connectivity index (χ1n) is 5.53. The number of hydrogen-bond donors (Lipinski definition) is 1. The molecule has 0 saturated carbocycles. The Kier molecular flexibility index (Phi) is 4.59. The van der Waals surface area contributed by atoms with Crippen LogP contribution in [0.15, 0.2) is 17.0 Å². The van der Waals surface area contributed by atoms with Gasteiger partial charge in [-0.25, -0.2) is 14.8 Å². The van der Waals surface area contributed by atoms with Crippen LogP contribution in [0.25, 0.3) is 6.08 Å². The van der Waals surface area contributed by atoms with Gasteiger partial charge in [-0.3, -0.25) is 10.1 Å². The smallest absolute Gasteiger partial charge is 0.350 e. The maximum Gasteiger partial charge on any atom is 0.350 e. The minimum Gasteiger partial charge on any atom is -0.465 e. The summed E-state index contributed by atoms with van der Waals surface area (Å²) in [6.45, 7) is 1.68. The monoisotopic (exact) mass is 309 g/mol. The lowest BCUT2D eigenvalue weighted by Gasteiger charge is -1.94. The Bertz CT molecular complexity index is 647. The molecule has 0 unspecified atom stereocenters. The Morgan fingerprint density at radius 1 is 1.45 bits per heavy atom. The van der Waals surface area contributed by atoms with Gasteiger partial charge in [0.05, 0.1) is 24.0 Å². The highest BCUT2D eigenvalue weighted by molar-refractivity contribution is 7.17. The number of hydrogen-bond acceptors (Lipinski definition) is 7. The van der Waals surface area contributed by atoms with E-state index in [-0.39, 0.29) is 5.91 Å². The molecule has 0 aliphatic heterocycles. The van der Waals surface area contributed by atoms with Crippen LogP contribution in [0.3, 0.4) is 0 Å². The fourth-order valence-corrected chi connectivity index (χ4v) is 2.75. The molecule has 8 heteroatoms. The molecule has 0 aliphatic carbocycles. The lowest BCUT2D eigenvalue weighted by atomic mass is 10.4. The van der Waals surface area contributed by atoms with E-state index in [1.165, 1.54) is 24.5 Å². The minimum atomic E-state index is -0.460. The quantitative estimate of drug-likeness (QED) is 0.692. The number of aromatic nitrogens is 2. The molecule has 20 heavy (non-hydrogen) atoms. The van der Waals surface area contributed by atoms with Crippen LogP contribution in [0.1, 0.15) is 21.1 Å². The maximum absolute atomic E-state index is 11.7. The second kappa shape index (κ2) is 6.40. The number of anilines is 1. The summed E-state index contributed by atoms with van der Waals surface area (Å²) in [6, 6.07) is 0. The van der Waals surface area contributed by atoms with Gasteiger partial charge in [-0.1, -0.05) is 11.3 Å². The number of rotatable bonds is 4. The van der Waals surface area contributed by atoms with Crippen molar-refractivity contribution in [3.8, 4) is 0 Å². The molecule has 2 rings (SSSR count). The molecule has 0 radical (unpaired) electrons. The molecule has 0 aromatic carbocycles. The van der Waals surface area contributed by atoms with E-state index < -0.39 is 5.97 Å². The number of aryl methyl sites for hydroxylation is 1. The van der Waals surface area contributed by atoms with Crippen LogP contribution in [-0.4, -0.2) is 29.0 Å². The average Bonchev–Trinajstić information content (AvgIpc) is 3.05. The van der Waals surface area contributed by atoms with Crippen molar-refractivity contribution in [1.82, 2.24) is 9.97 Å². The van der Waals surface area contributed by atoms with Gasteiger partial charge in [-0.15, -0.1) is 11.3 Å². The molecule has 2 heterocycles. The number of carbonyl (C=O) groups is 2. The molecule has 0 saturated heterocycles. The van der Waals surface area contributed by atoms with Gasteiger partial charge in [0.2, 0.25) is 5.91 Å². The predicted molar refractivity (Wildman–Crippen MR) is 78.0 cm³/mol. The summed E-state index contributed by atoms with van der Waals surface area (Å²) >= 11 is 2.53. The lowest BCUT2D eigenvalue weighted by molar-refractivity contribution is -0.111. The van der Waals surface area contributed by atoms with E-state index in [1.807, 2.05) is 5.38 Å². The van der Waals surface area contributed by atoms with Crippen LogP contribution >= 0.6 is 22.7 Å². The van der Waals surface area contributed by atoms with Crippen molar-refractivity contribution in [2.45, 2.75) is 6.92 Å². The van der Waals surface area contributed by atoms with Crippen molar-refractivity contribution in [2.24, 2.45) is 0 Å². The number of amides is 1. The first-order chi connectivity index (χ1) is 9.60. The molecule has 0 bridgehead atoms. The van der Waals surface area contributed by atoms with Gasteiger partial charge in [-0.05, 0) is 13.0 Å². The summed E-state index contributed by atoms with van der Waals surface area (Å²) in [4.78, 5) is 31.6. The van der Waals surface area contributed by atoms with E-state index in [9.17, 15) is 9.59 Å². The van der Waals surface area contributed by atoms with Crippen molar-refractivity contribution in [3.63, 3.8) is 0 Å². The van der Waals surface area contributed by atoms with Crippen molar-refractivity contribution in [3.05, 3.63) is 33.2 Å². The third kappa shape index (κ3) is 3.49. The molecular formula is C12H11N3O3S2. The van der Waals surface area contributed by atoms with Crippen LogP contribution in [0.2, 0.25) is 0 Å². The molecule has 1 amide bonds. The van der Waals surface area contributed by atoms with Gasteiger partial charge >= 0.3 is 5.97 Å². The first-order valence-corrected chi connectivity index (χ1v) is 7.29. The molecule has 0 atom stereocenters. The van der Waals surface area contributed by atoms with Gasteiger partial charge in [0.1, 0.15) is 4.88 Å². The van der Waals surface area contributed by atoms with Crippen LogP contribution < -0.4 is 5.32 Å². The van der Waals surface area contributed by atoms with Crippen LogP contribution in [0, 0.1) is 6.92 Å². The van der Waals surface area contributed by atoms with E-state index >= 15 is 0 Å². The summed E-state index contributed by atoms with van der Waals surface area (Å²) < 4.78 is 4.63. The normalized spacial score (nSPS) is 10.7. The Morgan fingerprint density at radius 2 is 2.25 bits per heavy atom. The highest BCUT2D eigenvalue weighted by Crippen LogP contribution is 2.23. The number of thiazole rings is 2. The number of esters is 1. The third-order valence-corrected chi connectivity index (χ3v) is 3.91. The van der Waals surface area contributed by atoms with Gasteiger partial charge < -0.3 is 4.74 Å². The molecule has 1 N–H and O–H groups in total. The number of nitrogens with one attached hydrogen (secondary N) is 1. The fourth-order valence-electron chi connectivity index (χ4n) is 1.34. The predicted octanol–water partition coefficient (Wildman–Crippen LogP) is 2.35. The average molecular weight is 309 g/mol. The largest absolute Gasteiger partial charge is 0.465 e. The molecule has 2 aromatic heterocycles. The van der Waals surface area contributed by atoms with E-state index in [1.54, 1.807) is 18.5 Å². The molecule has 0 fully saturated rings. The molecule has 0 aliphatic rings. The van der Waals surface area contributed by atoms with Gasteiger partial charge in [0, 0.05) is 11.5 Å². The van der Waals surface area contributed by atoms with Crippen molar-refractivity contribution >= 4 is 45.8 Å². The molecule has 6 nitrogen and oxygen atoms in total. The SMILES string of the molecule is COC(=O)c1sc(NC(=O)/C=C\c2cscn2)nc1C. The van der Waals surface area contributed by atoms with Gasteiger partial charge in [0.25, 0.3) is 0 Å². The zero-order valence-electron chi connectivity index (χ0n) is 10.7. The molecule has 2 aromatic rings. The van der Waals surface area contributed by atoms with Crippen LogP contribution in [0.4, 0.5) is 5.13 Å². The summed E-state index contributed by atoms with van der Waals surface area (Å²) in [6.07, 6.45) is 2.97. The van der Waals surface area contributed by atoms with Crippen molar-refractivity contribution < 1.29 is 14.3 Å². The Morgan fingerprint density at radius 3 is 2.90 bits per heavy atom. The van der Waals surface area contributed by atoms with Gasteiger partial charge in [0.15, 0.2) is 5.13 Å². The van der Waals surface area contributed by atoms with E-state index in [4.69, 9.17) is 0 Å². The van der Waals surface area contributed by atoms with E-state index in [2.05, 4.69) is 20.0 Å². The zero-order chi connectivity index (χ0) is 14.5. The second-order valence-corrected chi connectivity index (χ2v) is 5.38. The van der Waals surface area contributed by atoms with E-state index in [0.717, 1.165) is 17.0 Å². The standard InChI is InChI=1S/C12H11N3O3S2/c1-7-10(11(17)18-2)20-12(14-7)15-9(16)4-3-8-5-19-6-13-8/h3-6H,1-2H3,(H,14,15,16)/b4-3-.